The molecular weight excluding hydrogens is 166 g/mol. The molecule has 0 nitrogen and oxygen atoms in total. The second kappa shape index (κ2) is 9.59. The van der Waals surface area contributed by atoms with E-state index in [9.17, 15) is 0 Å². The van der Waals surface area contributed by atoms with E-state index >= 15 is 0 Å². The van der Waals surface area contributed by atoms with Crippen molar-refractivity contribution in [1.82, 2.24) is 0 Å². The molecule has 0 radical (unpaired) electrons. The van der Waals surface area contributed by atoms with Crippen molar-refractivity contribution >= 4 is 25.3 Å². The fraction of sp³-hybridized carbons (Fsp3) is 1.00. The normalized spacial score (nSPS) is 7.00. The topological polar surface area (TPSA) is 0 Å². The quantitative estimate of drug-likeness (QED) is 0.438. The van der Waals surface area contributed by atoms with Crippen molar-refractivity contribution in [2.45, 2.75) is 6.42 Å². The molecule has 0 fully saturated rings. The van der Waals surface area contributed by atoms with Gasteiger partial charge in [0.25, 0.3) is 0 Å². The SMILES string of the molecule is [S-]CCC[S-].[Zn+2]. The molecule has 0 aromatic carbocycles. The first-order chi connectivity index (χ1) is 2.41. The van der Waals surface area contributed by atoms with Gasteiger partial charge in [-0.05, 0) is 0 Å². The van der Waals surface area contributed by atoms with E-state index in [1.54, 1.807) is 0 Å². The van der Waals surface area contributed by atoms with Crippen LogP contribution in [0.4, 0.5) is 0 Å². The van der Waals surface area contributed by atoms with Crippen molar-refractivity contribution in [3.05, 3.63) is 0 Å². The fourth-order valence-electron chi connectivity index (χ4n) is 0.0589. The van der Waals surface area contributed by atoms with Crippen LogP contribution in [-0.4, -0.2) is 11.5 Å². The van der Waals surface area contributed by atoms with E-state index in [1.807, 2.05) is 0 Å². The van der Waals surface area contributed by atoms with Crippen LogP contribution < -0.4 is 0 Å². The summed E-state index contributed by atoms with van der Waals surface area (Å²) in [5.74, 6) is 1.65. The Morgan fingerprint density at radius 1 is 1.00 bits per heavy atom. The van der Waals surface area contributed by atoms with E-state index in [4.69, 9.17) is 0 Å². The Hall–Kier alpha value is 1.32. The molecule has 0 saturated heterocycles. The van der Waals surface area contributed by atoms with Gasteiger partial charge in [0.15, 0.2) is 0 Å². The predicted octanol–water partition coefficient (Wildman–Crippen LogP) is 0.468. The monoisotopic (exact) mass is 170 g/mol. The second-order valence-corrected chi connectivity index (χ2v) is 1.58. The molecule has 0 heterocycles. The van der Waals surface area contributed by atoms with Gasteiger partial charge >= 0.3 is 19.5 Å². The van der Waals surface area contributed by atoms with Crippen molar-refractivity contribution in [3.63, 3.8) is 0 Å². The molecule has 0 aromatic heterocycles. The van der Waals surface area contributed by atoms with E-state index in [0.717, 1.165) is 17.9 Å². The van der Waals surface area contributed by atoms with Gasteiger partial charge < -0.3 is 25.3 Å². The summed E-state index contributed by atoms with van der Waals surface area (Å²) in [5.41, 5.74) is 0. The second-order valence-electron chi connectivity index (χ2n) is 0.762. The molecule has 0 rings (SSSR count). The molecule has 0 unspecified atom stereocenters. The summed E-state index contributed by atoms with van der Waals surface area (Å²) >= 11 is 9.17. The Morgan fingerprint density at radius 3 is 1.33 bits per heavy atom. The maximum absolute atomic E-state index is 4.58. The minimum atomic E-state index is 0. The zero-order valence-electron chi connectivity index (χ0n) is 3.64. The summed E-state index contributed by atoms with van der Waals surface area (Å²) in [6.45, 7) is 0. The average Bonchev–Trinajstić information content (AvgIpc) is 1.41. The van der Waals surface area contributed by atoms with Crippen molar-refractivity contribution in [1.29, 1.82) is 0 Å². The maximum atomic E-state index is 4.58. The van der Waals surface area contributed by atoms with Crippen LogP contribution in [-0.2, 0) is 44.7 Å². The van der Waals surface area contributed by atoms with Crippen molar-refractivity contribution in [2.75, 3.05) is 11.5 Å². The van der Waals surface area contributed by atoms with Crippen LogP contribution in [0.3, 0.4) is 0 Å². The Labute approximate surface area is 62.7 Å². The van der Waals surface area contributed by atoms with Crippen LogP contribution in [0, 0.1) is 0 Å². The summed E-state index contributed by atoms with van der Waals surface area (Å²) in [6, 6.07) is 0. The van der Waals surface area contributed by atoms with Crippen molar-refractivity contribution in [3.8, 4) is 0 Å². The minimum Gasteiger partial charge on any atom is -0.793 e. The zero-order valence-corrected chi connectivity index (χ0v) is 8.25. The third-order valence-corrected chi connectivity index (χ3v) is 0.866. The van der Waals surface area contributed by atoms with E-state index in [0.29, 0.717) is 0 Å². The molecule has 0 aliphatic carbocycles. The maximum Gasteiger partial charge on any atom is 2.00 e. The molecule has 6 heavy (non-hydrogen) atoms. The molecule has 0 N–H and O–H groups in total. The summed E-state index contributed by atoms with van der Waals surface area (Å²) in [4.78, 5) is 0. The summed E-state index contributed by atoms with van der Waals surface area (Å²) in [7, 11) is 0. The van der Waals surface area contributed by atoms with Gasteiger partial charge in [-0.3, -0.25) is 0 Å². The Bertz CT molecular complexity index is 16.3. The Morgan fingerprint density at radius 2 is 1.33 bits per heavy atom. The number of rotatable bonds is 2. The van der Waals surface area contributed by atoms with Crippen LogP contribution in [0.1, 0.15) is 6.42 Å². The summed E-state index contributed by atoms with van der Waals surface area (Å²) in [6.07, 6.45) is 1.02. The van der Waals surface area contributed by atoms with E-state index in [2.05, 4.69) is 25.3 Å². The van der Waals surface area contributed by atoms with Gasteiger partial charge in [0.1, 0.15) is 0 Å². The van der Waals surface area contributed by atoms with Crippen LogP contribution in [0.5, 0.6) is 0 Å². The summed E-state index contributed by atoms with van der Waals surface area (Å²) < 4.78 is 0. The van der Waals surface area contributed by atoms with Gasteiger partial charge in [0.05, 0.1) is 0 Å². The first-order valence-electron chi connectivity index (χ1n) is 1.58. The largest absolute Gasteiger partial charge is 2.00 e. The summed E-state index contributed by atoms with van der Waals surface area (Å²) in [5, 5.41) is 0. The third-order valence-electron chi connectivity index (χ3n) is 0.289. The number of hydrogen-bond acceptors (Lipinski definition) is 2. The molecule has 0 amide bonds. The third kappa shape index (κ3) is 9.01. The van der Waals surface area contributed by atoms with Gasteiger partial charge in [-0.25, -0.2) is 0 Å². The first kappa shape index (κ1) is 10.3. The molecule has 32 valence electrons. The van der Waals surface area contributed by atoms with E-state index in [-0.39, 0.29) is 19.5 Å². The molecule has 0 aliphatic heterocycles. The molecular formula is C3H6S2Zn. The molecule has 0 aromatic rings. The first-order valence-corrected chi connectivity index (χ1v) is 2.73. The fourth-order valence-corrected chi connectivity index (χ4v) is 0.530. The van der Waals surface area contributed by atoms with Crippen LogP contribution in [0.25, 0.3) is 0 Å². The molecule has 0 spiro atoms. The Kier molecular flexibility index (Phi) is 16.5. The van der Waals surface area contributed by atoms with Gasteiger partial charge in [-0.15, -0.1) is 0 Å². The van der Waals surface area contributed by atoms with Gasteiger partial charge in [0.2, 0.25) is 0 Å². The molecule has 0 atom stereocenters. The van der Waals surface area contributed by atoms with Gasteiger partial charge in [-0.2, -0.15) is 11.5 Å². The van der Waals surface area contributed by atoms with Crippen molar-refractivity contribution < 1.29 is 19.5 Å². The minimum absolute atomic E-state index is 0. The molecule has 0 aliphatic rings. The Balaban J connectivity index is 0. The molecule has 3 heteroatoms. The molecule has 0 saturated carbocycles. The van der Waals surface area contributed by atoms with Crippen LogP contribution >= 0.6 is 0 Å². The van der Waals surface area contributed by atoms with Gasteiger partial charge in [0, 0.05) is 0 Å². The molecule has 0 bridgehead atoms. The van der Waals surface area contributed by atoms with E-state index in [1.165, 1.54) is 0 Å². The van der Waals surface area contributed by atoms with Crippen LogP contribution in [0.2, 0.25) is 0 Å². The van der Waals surface area contributed by atoms with E-state index < -0.39 is 0 Å². The standard InChI is InChI=1S/C3H8S2.Zn/c4-2-1-3-5;/h4-5H,1-3H2;/q;+2/p-2. The smallest absolute Gasteiger partial charge is 0.793 e. The zero-order chi connectivity index (χ0) is 4.12. The van der Waals surface area contributed by atoms with Gasteiger partial charge in [-0.1, -0.05) is 6.42 Å². The predicted molar refractivity (Wildman–Crippen MR) is 29.1 cm³/mol. The average molecular weight is 172 g/mol. The van der Waals surface area contributed by atoms with Crippen molar-refractivity contribution in [2.24, 2.45) is 0 Å². The number of hydrogen-bond donors (Lipinski definition) is 0. The van der Waals surface area contributed by atoms with Crippen LogP contribution in [0.15, 0.2) is 0 Å².